The molecule has 0 aromatic carbocycles. The van der Waals surface area contributed by atoms with Gasteiger partial charge < -0.3 is 10.4 Å². The lowest BCUT2D eigenvalue weighted by atomic mass is 10.3. The van der Waals surface area contributed by atoms with Gasteiger partial charge in [-0.15, -0.1) is 12.6 Å². The quantitative estimate of drug-likeness (QED) is 0.428. The Labute approximate surface area is 111 Å². The van der Waals surface area contributed by atoms with Crippen LogP contribution in [0.25, 0.3) is 0 Å². The minimum Gasteiger partial charge on any atom is -0.396 e. The third-order valence-corrected chi connectivity index (χ3v) is 2.69. The molecule has 1 amide bonds. The van der Waals surface area contributed by atoms with Crippen molar-refractivity contribution in [3.05, 3.63) is 40.7 Å². The van der Waals surface area contributed by atoms with Crippen molar-refractivity contribution >= 4 is 24.9 Å². The summed E-state index contributed by atoms with van der Waals surface area (Å²) >= 11 is 4.18. The molecule has 0 aliphatic carbocycles. The fourth-order valence-electron chi connectivity index (χ4n) is 1.13. The molecule has 0 saturated carbocycles. The molecule has 0 atom stereocenters. The van der Waals surface area contributed by atoms with Gasteiger partial charge >= 0.3 is 0 Å². The second kappa shape index (κ2) is 7.62. The summed E-state index contributed by atoms with van der Waals surface area (Å²) in [6, 6.07) is 3.35. The zero-order valence-corrected chi connectivity index (χ0v) is 10.9. The van der Waals surface area contributed by atoms with Gasteiger partial charge in [-0.2, -0.15) is 0 Å². The van der Waals surface area contributed by atoms with Crippen molar-refractivity contribution in [1.29, 1.82) is 0 Å². The van der Waals surface area contributed by atoms with Gasteiger partial charge in [0, 0.05) is 36.0 Å². The van der Waals surface area contributed by atoms with E-state index < -0.39 is 0 Å². The molecule has 18 heavy (non-hydrogen) atoms. The Morgan fingerprint density at radius 2 is 2.44 bits per heavy atom. The van der Waals surface area contributed by atoms with Gasteiger partial charge in [-0.05, 0) is 19.1 Å². The van der Waals surface area contributed by atoms with E-state index in [1.165, 1.54) is 12.5 Å². The van der Waals surface area contributed by atoms with E-state index >= 15 is 0 Å². The lowest BCUT2D eigenvalue weighted by Gasteiger charge is -2.01. The van der Waals surface area contributed by atoms with Crippen LogP contribution in [0.5, 0.6) is 0 Å². The molecule has 0 aliphatic heterocycles. The van der Waals surface area contributed by atoms with Gasteiger partial charge in [0.05, 0.1) is 11.9 Å². The van der Waals surface area contributed by atoms with Crippen molar-refractivity contribution in [1.82, 2.24) is 10.3 Å². The molecule has 0 spiro atoms. The Hall–Kier alpha value is -1.66. The number of nitrogens with one attached hydrogen (secondary N) is 1. The standard InChI is InChI=1S/C12H15N3O2S/c1-9(11(18)4-6-16)14-8-15-12(17)10-3-2-5-13-7-10/h2-3,5,7-8,16,18H,4,6H2,1H3,(H,14,15,17)/b11-9-. The fourth-order valence-corrected chi connectivity index (χ4v) is 1.29. The van der Waals surface area contributed by atoms with Crippen LogP contribution in [0.3, 0.4) is 0 Å². The number of aliphatic hydroxyl groups excluding tert-OH is 1. The molecule has 96 valence electrons. The number of hydrogen-bond donors (Lipinski definition) is 3. The first kappa shape index (κ1) is 14.4. The number of aliphatic hydroxyl groups is 1. The molecule has 0 unspecified atom stereocenters. The summed E-state index contributed by atoms with van der Waals surface area (Å²) in [5.74, 6) is -0.275. The van der Waals surface area contributed by atoms with Crippen LogP contribution in [0.2, 0.25) is 0 Å². The van der Waals surface area contributed by atoms with E-state index in [2.05, 4.69) is 27.9 Å². The zero-order valence-electron chi connectivity index (χ0n) is 10.00. The summed E-state index contributed by atoms with van der Waals surface area (Å²) in [5.41, 5.74) is 1.12. The number of carbonyl (C=O) groups excluding carboxylic acids is 1. The number of pyridine rings is 1. The minimum atomic E-state index is -0.275. The van der Waals surface area contributed by atoms with Crippen molar-refractivity contribution in [2.75, 3.05) is 6.61 Å². The highest BCUT2D eigenvalue weighted by Crippen LogP contribution is 2.12. The third kappa shape index (κ3) is 4.68. The van der Waals surface area contributed by atoms with E-state index in [0.717, 1.165) is 0 Å². The van der Waals surface area contributed by atoms with Gasteiger partial charge in [-0.25, -0.2) is 4.99 Å². The van der Waals surface area contributed by atoms with E-state index in [9.17, 15) is 4.79 Å². The first-order chi connectivity index (χ1) is 8.65. The van der Waals surface area contributed by atoms with Gasteiger partial charge in [-0.1, -0.05) is 0 Å². The molecule has 0 saturated heterocycles. The van der Waals surface area contributed by atoms with Crippen molar-refractivity contribution in [3.63, 3.8) is 0 Å². The summed E-state index contributed by atoms with van der Waals surface area (Å²) in [7, 11) is 0. The van der Waals surface area contributed by atoms with Crippen LogP contribution >= 0.6 is 12.6 Å². The Balaban J connectivity index is 2.56. The minimum absolute atomic E-state index is 0.0216. The molecule has 1 rings (SSSR count). The number of thiol groups is 1. The predicted octanol–water partition coefficient (Wildman–Crippen LogP) is 1.38. The third-order valence-electron chi connectivity index (χ3n) is 2.14. The maximum Gasteiger partial charge on any atom is 0.257 e. The molecule has 1 aromatic rings. The normalized spacial score (nSPS) is 12.4. The number of carbonyl (C=O) groups is 1. The van der Waals surface area contributed by atoms with Gasteiger partial charge in [0.2, 0.25) is 0 Å². The van der Waals surface area contributed by atoms with Crippen LogP contribution in [0, 0.1) is 0 Å². The summed E-state index contributed by atoms with van der Waals surface area (Å²) in [6.07, 6.45) is 4.82. The highest BCUT2D eigenvalue weighted by molar-refractivity contribution is 7.84. The molecule has 0 radical (unpaired) electrons. The van der Waals surface area contributed by atoms with Crippen LogP contribution < -0.4 is 5.32 Å². The van der Waals surface area contributed by atoms with Crippen LogP contribution in [-0.4, -0.2) is 28.9 Å². The van der Waals surface area contributed by atoms with Crippen molar-refractivity contribution in [2.24, 2.45) is 4.99 Å². The molecular formula is C12H15N3O2S. The lowest BCUT2D eigenvalue weighted by molar-refractivity contribution is 0.0978. The van der Waals surface area contributed by atoms with Crippen molar-refractivity contribution in [3.8, 4) is 0 Å². The number of nitrogens with zero attached hydrogens (tertiary/aromatic N) is 2. The van der Waals surface area contributed by atoms with Gasteiger partial charge in [0.1, 0.15) is 0 Å². The van der Waals surface area contributed by atoms with Crippen LogP contribution in [0.1, 0.15) is 23.7 Å². The molecule has 1 aromatic heterocycles. The number of amides is 1. The Morgan fingerprint density at radius 1 is 1.67 bits per heavy atom. The van der Waals surface area contributed by atoms with Crippen LogP contribution in [-0.2, 0) is 0 Å². The number of aromatic nitrogens is 1. The first-order valence-electron chi connectivity index (χ1n) is 5.38. The van der Waals surface area contributed by atoms with Crippen LogP contribution in [0.4, 0.5) is 0 Å². The van der Waals surface area contributed by atoms with E-state index in [-0.39, 0.29) is 12.5 Å². The second-order valence-corrected chi connectivity index (χ2v) is 4.02. The number of hydrogen-bond acceptors (Lipinski definition) is 5. The highest BCUT2D eigenvalue weighted by atomic mass is 32.1. The van der Waals surface area contributed by atoms with E-state index in [1.54, 1.807) is 25.3 Å². The van der Waals surface area contributed by atoms with E-state index in [4.69, 9.17) is 5.11 Å². The predicted molar refractivity (Wildman–Crippen MR) is 73.6 cm³/mol. The summed E-state index contributed by atoms with van der Waals surface area (Å²) in [5, 5.41) is 11.3. The maximum absolute atomic E-state index is 11.6. The Kier molecular flexibility index (Phi) is 6.10. The Bertz CT molecular complexity index is 458. The number of aliphatic imine (C=N–C) groups is 1. The fraction of sp³-hybridized carbons (Fsp3) is 0.250. The maximum atomic E-state index is 11.6. The monoisotopic (exact) mass is 265 g/mol. The molecule has 1 heterocycles. The summed E-state index contributed by atoms with van der Waals surface area (Å²) in [4.78, 5) is 20.2. The van der Waals surface area contributed by atoms with Gasteiger partial charge in [0.25, 0.3) is 5.91 Å². The zero-order chi connectivity index (χ0) is 13.4. The first-order valence-corrected chi connectivity index (χ1v) is 5.83. The molecule has 2 N–H and O–H groups in total. The Morgan fingerprint density at radius 3 is 3.06 bits per heavy atom. The van der Waals surface area contributed by atoms with Crippen molar-refractivity contribution in [2.45, 2.75) is 13.3 Å². The SMILES string of the molecule is C/C(N=CNC(=O)c1cccnc1)=C(/S)CCO. The molecule has 6 heteroatoms. The summed E-state index contributed by atoms with van der Waals surface area (Å²) in [6.45, 7) is 1.78. The van der Waals surface area contributed by atoms with E-state index in [0.29, 0.717) is 22.6 Å². The van der Waals surface area contributed by atoms with Gasteiger partial charge in [0.15, 0.2) is 0 Å². The topological polar surface area (TPSA) is 74.6 Å². The average Bonchev–Trinajstić information content (AvgIpc) is 2.39. The molecule has 0 bridgehead atoms. The van der Waals surface area contributed by atoms with Crippen LogP contribution in [0.15, 0.2) is 40.1 Å². The van der Waals surface area contributed by atoms with Gasteiger partial charge in [-0.3, -0.25) is 9.78 Å². The molecule has 0 aliphatic rings. The molecule has 0 fully saturated rings. The van der Waals surface area contributed by atoms with E-state index in [1.807, 2.05) is 0 Å². The molecule has 5 nitrogen and oxygen atoms in total. The number of rotatable bonds is 5. The highest BCUT2D eigenvalue weighted by Gasteiger charge is 2.02. The second-order valence-electron chi connectivity index (χ2n) is 3.48. The molecular weight excluding hydrogens is 250 g/mol. The number of allylic oxidation sites excluding steroid dienone is 1. The summed E-state index contributed by atoms with van der Waals surface area (Å²) < 4.78 is 0. The smallest absolute Gasteiger partial charge is 0.257 e. The largest absolute Gasteiger partial charge is 0.396 e. The lowest BCUT2D eigenvalue weighted by Crippen LogP contribution is -2.21. The average molecular weight is 265 g/mol. The van der Waals surface area contributed by atoms with Crippen molar-refractivity contribution < 1.29 is 9.90 Å².